The summed E-state index contributed by atoms with van der Waals surface area (Å²) in [7, 11) is 1.67. The van der Waals surface area contributed by atoms with Gasteiger partial charge in [0.2, 0.25) is 11.8 Å². The van der Waals surface area contributed by atoms with Crippen LogP contribution in [0.1, 0.15) is 5.56 Å². The zero-order valence-electron chi connectivity index (χ0n) is 13.8. The molecule has 0 aliphatic rings. The molecule has 0 atom stereocenters. The molecule has 0 saturated heterocycles. The van der Waals surface area contributed by atoms with Crippen molar-refractivity contribution in [2.45, 2.75) is 6.54 Å². The first-order chi connectivity index (χ1) is 11.9. The number of nitrogens with zero attached hydrogens (tertiary/aromatic N) is 1. The molecule has 0 aliphatic carbocycles. The van der Waals surface area contributed by atoms with Crippen molar-refractivity contribution in [2.75, 3.05) is 25.5 Å². The van der Waals surface area contributed by atoms with Crippen LogP contribution in [0, 0.1) is 5.82 Å². The van der Waals surface area contributed by atoms with Gasteiger partial charge in [0.1, 0.15) is 5.82 Å². The molecule has 2 aromatic rings. The van der Waals surface area contributed by atoms with Crippen LogP contribution in [0.15, 0.2) is 48.5 Å². The molecule has 2 rings (SSSR count). The van der Waals surface area contributed by atoms with Gasteiger partial charge in [0.05, 0.1) is 23.8 Å². The van der Waals surface area contributed by atoms with Crippen molar-refractivity contribution >= 4 is 29.1 Å². The maximum atomic E-state index is 12.8. The summed E-state index contributed by atoms with van der Waals surface area (Å²) in [5.41, 5.74) is 1.33. The highest BCUT2D eigenvalue weighted by Gasteiger charge is 2.12. The molecule has 0 saturated carbocycles. The summed E-state index contributed by atoms with van der Waals surface area (Å²) in [6, 6.07) is 12.8. The molecule has 7 heteroatoms. The highest BCUT2D eigenvalue weighted by molar-refractivity contribution is 6.33. The Morgan fingerprint density at radius 1 is 1.04 bits per heavy atom. The molecule has 0 radical (unpaired) electrons. The molecule has 0 heterocycles. The molecule has 5 nitrogen and oxygen atoms in total. The van der Waals surface area contributed by atoms with Crippen LogP contribution in [-0.4, -0.2) is 36.9 Å². The van der Waals surface area contributed by atoms with E-state index in [9.17, 15) is 14.0 Å². The van der Waals surface area contributed by atoms with E-state index in [1.807, 2.05) is 0 Å². The lowest BCUT2D eigenvalue weighted by atomic mass is 10.2. The summed E-state index contributed by atoms with van der Waals surface area (Å²) in [4.78, 5) is 25.5. The van der Waals surface area contributed by atoms with Crippen molar-refractivity contribution in [2.24, 2.45) is 0 Å². The monoisotopic (exact) mass is 363 g/mol. The van der Waals surface area contributed by atoms with E-state index in [1.165, 1.54) is 12.1 Å². The van der Waals surface area contributed by atoms with E-state index in [0.717, 1.165) is 5.56 Å². The van der Waals surface area contributed by atoms with Crippen LogP contribution in [0.5, 0.6) is 0 Å². The number of rotatable bonds is 7. The van der Waals surface area contributed by atoms with Gasteiger partial charge >= 0.3 is 0 Å². The Morgan fingerprint density at radius 2 is 1.68 bits per heavy atom. The molecule has 2 aromatic carbocycles. The van der Waals surface area contributed by atoms with E-state index < -0.39 is 0 Å². The minimum atomic E-state index is -0.320. The molecule has 0 unspecified atom stereocenters. The van der Waals surface area contributed by atoms with E-state index in [4.69, 9.17) is 11.6 Å². The Hall–Kier alpha value is -2.44. The lowest BCUT2D eigenvalue weighted by Gasteiger charge is -2.16. The Balaban J connectivity index is 1.74. The Morgan fingerprint density at radius 3 is 2.36 bits per heavy atom. The molecular weight excluding hydrogens is 345 g/mol. The quantitative estimate of drug-likeness (QED) is 0.795. The largest absolute Gasteiger partial charge is 0.351 e. The van der Waals surface area contributed by atoms with Crippen LogP contribution in [0.25, 0.3) is 0 Å². The summed E-state index contributed by atoms with van der Waals surface area (Å²) in [5, 5.41) is 5.88. The lowest BCUT2D eigenvalue weighted by molar-refractivity contribution is -0.123. The third kappa shape index (κ3) is 6.52. The second-order valence-corrected chi connectivity index (χ2v) is 6.01. The highest BCUT2D eigenvalue weighted by atomic mass is 35.5. The van der Waals surface area contributed by atoms with Gasteiger partial charge in [-0.05, 0) is 36.9 Å². The van der Waals surface area contributed by atoms with Crippen molar-refractivity contribution in [3.05, 3.63) is 64.9 Å². The third-order valence-electron chi connectivity index (χ3n) is 3.38. The fourth-order valence-electron chi connectivity index (χ4n) is 2.16. The van der Waals surface area contributed by atoms with Crippen molar-refractivity contribution in [1.82, 2.24) is 10.2 Å². The molecule has 0 spiro atoms. The molecular formula is C18H19ClFN3O2. The second-order valence-electron chi connectivity index (χ2n) is 5.60. The maximum absolute atomic E-state index is 12.8. The molecule has 25 heavy (non-hydrogen) atoms. The average Bonchev–Trinajstić information content (AvgIpc) is 2.56. The Kier molecular flexibility index (Phi) is 6.91. The number of carbonyl (C=O) groups is 2. The topological polar surface area (TPSA) is 61.4 Å². The molecule has 132 valence electrons. The fourth-order valence-corrected chi connectivity index (χ4v) is 2.34. The van der Waals surface area contributed by atoms with Crippen molar-refractivity contribution in [1.29, 1.82) is 0 Å². The van der Waals surface area contributed by atoms with Crippen LogP contribution in [-0.2, 0) is 16.1 Å². The van der Waals surface area contributed by atoms with Gasteiger partial charge in [-0.25, -0.2) is 4.39 Å². The molecule has 0 bridgehead atoms. The number of carbonyl (C=O) groups excluding carboxylic acids is 2. The number of para-hydroxylation sites is 1. The van der Waals surface area contributed by atoms with E-state index in [1.54, 1.807) is 48.3 Å². The SMILES string of the molecule is CN(CC(=O)NCc1ccc(F)cc1)CC(=O)Nc1ccccc1Cl. The van der Waals surface area contributed by atoms with E-state index in [-0.39, 0.29) is 30.7 Å². The fraction of sp³-hybridized carbons (Fsp3) is 0.222. The number of nitrogens with one attached hydrogen (secondary N) is 2. The van der Waals surface area contributed by atoms with Gasteiger partial charge in [-0.3, -0.25) is 14.5 Å². The number of halogens is 2. The predicted octanol–water partition coefficient (Wildman–Crippen LogP) is 2.67. The van der Waals surface area contributed by atoms with Gasteiger partial charge in [-0.1, -0.05) is 35.9 Å². The Labute approximate surface area is 150 Å². The van der Waals surface area contributed by atoms with Crippen LogP contribution in [0.2, 0.25) is 5.02 Å². The van der Waals surface area contributed by atoms with E-state index in [2.05, 4.69) is 10.6 Å². The first kappa shape index (κ1) is 18.9. The van der Waals surface area contributed by atoms with Crippen molar-refractivity contribution in [3.63, 3.8) is 0 Å². The van der Waals surface area contributed by atoms with Crippen LogP contribution in [0.4, 0.5) is 10.1 Å². The summed E-state index contributed by atoms with van der Waals surface area (Å²) in [5.74, 6) is -0.807. The summed E-state index contributed by atoms with van der Waals surface area (Å²) >= 11 is 5.98. The van der Waals surface area contributed by atoms with Crippen molar-refractivity contribution in [3.8, 4) is 0 Å². The van der Waals surface area contributed by atoms with E-state index >= 15 is 0 Å². The summed E-state index contributed by atoms with van der Waals surface area (Å²) in [6.45, 7) is 0.422. The second kappa shape index (κ2) is 9.15. The van der Waals surface area contributed by atoms with E-state index in [0.29, 0.717) is 17.3 Å². The number of benzene rings is 2. The number of likely N-dealkylation sites (N-methyl/N-ethyl adjacent to an activating group) is 1. The number of anilines is 1. The van der Waals surface area contributed by atoms with Gasteiger partial charge in [0.25, 0.3) is 0 Å². The summed E-state index contributed by atoms with van der Waals surface area (Å²) in [6.07, 6.45) is 0. The van der Waals surface area contributed by atoms with Gasteiger partial charge in [0.15, 0.2) is 0 Å². The summed E-state index contributed by atoms with van der Waals surface area (Å²) < 4.78 is 12.8. The first-order valence-corrected chi connectivity index (χ1v) is 8.06. The molecule has 2 N–H and O–H groups in total. The van der Waals surface area contributed by atoms with Gasteiger partial charge in [-0.2, -0.15) is 0 Å². The zero-order chi connectivity index (χ0) is 18.2. The highest BCUT2D eigenvalue weighted by Crippen LogP contribution is 2.20. The van der Waals surface area contributed by atoms with Gasteiger partial charge < -0.3 is 10.6 Å². The molecule has 0 aliphatic heterocycles. The van der Waals surface area contributed by atoms with Gasteiger partial charge in [-0.15, -0.1) is 0 Å². The van der Waals surface area contributed by atoms with Crippen LogP contribution >= 0.6 is 11.6 Å². The lowest BCUT2D eigenvalue weighted by Crippen LogP contribution is -2.38. The zero-order valence-corrected chi connectivity index (χ0v) is 14.5. The first-order valence-electron chi connectivity index (χ1n) is 7.68. The number of hydrogen-bond donors (Lipinski definition) is 2. The van der Waals surface area contributed by atoms with Crippen molar-refractivity contribution < 1.29 is 14.0 Å². The number of amides is 2. The Bertz CT molecular complexity index is 737. The predicted molar refractivity (Wildman–Crippen MR) is 95.8 cm³/mol. The standard InChI is InChI=1S/C18H19ClFN3O2/c1-23(12-18(25)22-16-5-3-2-4-15(16)19)11-17(24)21-10-13-6-8-14(20)9-7-13/h2-9H,10-12H2,1H3,(H,21,24)(H,22,25). The smallest absolute Gasteiger partial charge is 0.238 e. The third-order valence-corrected chi connectivity index (χ3v) is 3.71. The molecule has 0 fully saturated rings. The van der Waals surface area contributed by atoms with Crippen LogP contribution < -0.4 is 10.6 Å². The minimum Gasteiger partial charge on any atom is -0.351 e. The molecule has 0 aromatic heterocycles. The minimum absolute atomic E-state index is 0.0508. The van der Waals surface area contributed by atoms with Crippen LogP contribution in [0.3, 0.4) is 0 Å². The normalized spacial score (nSPS) is 10.6. The molecule has 2 amide bonds. The maximum Gasteiger partial charge on any atom is 0.238 e. The van der Waals surface area contributed by atoms with Gasteiger partial charge in [0, 0.05) is 6.54 Å². The number of hydrogen-bond acceptors (Lipinski definition) is 3. The average molecular weight is 364 g/mol.